The summed E-state index contributed by atoms with van der Waals surface area (Å²) in [4.78, 5) is 44.3. The Kier molecular flexibility index (Phi) is 12.1. The lowest BCUT2D eigenvalue weighted by atomic mass is 9.88. The molecule has 2 aromatic carbocycles. The molecule has 0 spiro atoms. The van der Waals surface area contributed by atoms with Crippen molar-refractivity contribution >= 4 is 39.5 Å². The molecule has 0 saturated carbocycles. The smallest absolute Gasteiger partial charge is 0.328 e. The van der Waals surface area contributed by atoms with Crippen LogP contribution in [0, 0.1) is 5.92 Å². The molecule has 3 atom stereocenters. The van der Waals surface area contributed by atoms with Gasteiger partial charge in [-0.05, 0) is 50.2 Å². The van der Waals surface area contributed by atoms with Gasteiger partial charge in [0.1, 0.15) is 17.0 Å². The number of hydrogen-bond acceptors (Lipinski definition) is 7. The number of ether oxygens (including phenoxy) is 1. The summed E-state index contributed by atoms with van der Waals surface area (Å²) in [5, 5.41) is 2.66. The Bertz CT molecular complexity index is 1410. The zero-order chi connectivity index (χ0) is 31.6. The molecule has 1 saturated heterocycles. The highest BCUT2D eigenvalue weighted by Crippen LogP contribution is 2.34. The van der Waals surface area contributed by atoms with Crippen molar-refractivity contribution in [3.8, 4) is 11.1 Å². The minimum absolute atomic E-state index is 0.0614. The van der Waals surface area contributed by atoms with Crippen molar-refractivity contribution in [3.63, 3.8) is 0 Å². The van der Waals surface area contributed by atoms with E-state index in [1.54, 1.807) is 43.3 Å². The van der Waals surface area contributed by atoms with Crippen LogP contribution < -0.4 is 21.5 Å². The molecule has 0 bridgehead atoms. The van der Waals surface area contributed by atoms with Gasteiger partial charge in [0, 0.05) is 25.6 Å². The first-order valence-electron chi connectivity index (χ1n) is 14.5. The summed E-state index contributed by atoms with van der Waals surface area (Å²) in [7, 11) is -4.38. The second-order valence-electron chi connectivity index (χ2n) is 10.4. The highest BCUT2D eigenvalue weighted by molar-refractivity contribution is 7.89. The number of benzene rings is 2. The molecule has 2 aromatic rings. The van der Waals surface area contributed by atoms with Gasteiger partial charge in [0.25, 0.3) is 0 Å². The largest absolute Gasteiger partial charge is 0.464 e. The Morgan fingerprint density at radius 1 is 1.09 bits per heavy atom. The number of nitrogens with two attached hydrogens (primary N) is 2. The van der Waals surface area contributed by atoms with Crippen molar-refractivity contribution < 1.29 is 27.5 Å². The average molecular weight is 615 g/mol. The number of hydrogen-bond donors (Lipinski definition) is 4. The van der Waals surface area contributed by atoms with Crippen LogP contribution in [-0.4, -0.2) is 68.8 Å². The standard InChI is InChI=1S/C30H42N6O6S/c1-4-21-16-18-36(25(19-21)29(39)42-5-2)28(38)24(14-10-17-33-30(31)32)35-43(40,41)26-15-9-13-23(27(26)34-20(3)37)22-11-7-6-8-12-22/h6-9,11-13,15,21,24-25,35H,4-5,10,14,16-19H2,1-3H3,(H,34,37)(H4,31,32,33)/t21-,24+,25-/m1/s1. The van der Waals surface area contributed by atoms with E-state index in [-0.39, 0.29) is 55.0 Å². The number of guanidine groups is 1. The number of likely N-dealkylation sites (tertiary alicyclic amines) is 1. The third kappa shape index (κ3) is 9.01. The van der Waals surface area contributed by atoms with Gasteiger partial charge in [0.05, 0.1) is 12.3 Å². The molecule has 0 unspecified atom stereocenters. The molecule has 2 amide bonds. The van der Waals surface area contributed by atoms with Crippen molar-refractivity contribution in [3.05, 3.63) is 48.5 Å². The summed E-state index contributed by atoms with van der Waals surface area (Å²) in [6, 6.07) is 11.6. The maximum absolute atomic E-state index is 14.0. The van der Waals surface area contributed by atoms with Crippen LogP contribution in [0.2, 0.25) is 0 Å². The molecule has 1 aliphatic heterocycles. The number of carbonyl (C=O) groups excluding carboxylic acids is 3. The van der Waals surface area contributed by atoms with Crippen LogP contribution in [0.3, 0.4) is 0 Å². The highest BCUT2D eigenvalue weighted by Gasteiger charge is 2.40. The van der Waals surface area contributed by atoms with Crippen molar-refractivity contribution in [2.24, 2.45) is 22.4 Å². The van der Waals surface area contributed by atoms with Gasteiger partial charge in [-0.2, -0.15) is 4.72 Å². The summed E-state index contributed by atoms with van der Waals surface area (Å²) in [5.41, 5.74) is 12.2. The topological polar surface area (TPSA) is 186 Å². The van der Waals surface area contributed by atoms with E-state index in [0.29, 0.717) is 24.0 Å². The molecule has 1 aliphatic rings. The molecule has 13 heteroatoms. The Morgan fingerprint density at radius 3 is 2.44 bits per heavy atom. The van der Waals surface area contributed by atoms with Crippen LogP contribution in [0.25, 0.3) is 11.1 Å². The minimum atomic E-state index is -4.38. The molecule has 1 fully saturated rings. The van der Waals surface area contributed by atoms with E-state index in [1.165, 1.54) is 17.9 Å². The maximum Gasteiger partial charge on any atom is 0.328 e. The van der Waals surface area contributed by atoms with Crippen molar-refractivity contribution in [2.75, 3.05) is 25.0 Å². The van der Waals surface area contributed by atoms with Crippen LogP contribution in [0.5, 0.6) is 0 Å². The van der Waals surface area contributed by atoms with Crippen LogP contribution >= 0.6 is 0 Å². The fraction of sp³-hybridized carbons (Fsp3) is 0.467. The number of nitrogens with zero attached hydrogens (tertiary/aromatic N) is 2. The highest BCUT2D eigenvalue weighted by atomic mass is 32.2. The molecule has 12 nitrogen and oxygen atoms in total. The molecule has 6 N–H and O–H groups in total. The summed E-state index contributed by atoms with van der Waals surface area (Å²) in [6.45, 7) is 5.63. The minimum Gasteiger partial charge on any atom is -0.464 e. The van der Waals surface area contributed by atoms with Crippen molar-refractivity contribution in [2.45, 2.75) is 69.9 Å². The predicted molar refractivity (Wildman–Crippen MR) is 165 cm³/mol. The summed E-state index contributed by atoms with van der Waals surface area (Å²) < 4.78 is 35.8. The van der Waals surface area contributed by atoms with E-state index in [4.69, 9.17) is 16.2 Å². The number of sulfonamides is 1. The maximum atomic E-state index is 14.0. The van der Waals surface area contributed by atoms with Crippen LogP contribution in [-0.2, 0) is 29.1 Å². The Hall–Kier alpha value is -3.97. The molecule has 3 rings (SSSR count). The summed E-state index contributed by atoms with van der Waals surface area (Å²) >= 11 is 0. The summed E-state index contributed by atoms with van der Waals surface area (Å²) in [5.74, 6) is -1.40. The quantitative estimate of drug-likeness (QED) is 0.115. The first-order chi connectivity index (χ1) is 20.5. The van der Waals surface area contributed by atoms with Crippen molar-refractivity contribution in [1.29, 1.82) is 0 Å². The van der Waals surface area contributed by atoms with E-state index in [9.17, 15) is 22.8 Å². The second-order valence-corrected chi connectivity index (χ2v) is 12.1. The molecular formula is C30H42N6O6S. The number of rotatable bonds is 13. The zero-order valence-corrected chi connectivity index (χ0v) is 25.7. The first kappa shape index (κ1) is 33.5. The molecule has 1 heterocycles. The van der Waals surface area contributed by atoms with Gasteiger partial charge in [0.2, 0.25) is 21.8 Å². The first-order valence-corrected chi connectivity index (χ1v) is 16.0. The number of piperidine rings is 1. The average Bonchev–Trinajstić information content (AvgIpc) is 2.98. The van der Waals surface area contributed by atoms with Gasteiger partial charge in [-0.3, -0.25) is 14.6 Å². The third-order valence-corrected chi connectivity index (χ3v) is 8.89. The van der Waals surface area contributed by atoms with Crippen molar-refractivity contribution in [1.82, 2.24) is 9.62 Å². The van der Waals surface area contributed by atoms with E-state index in [2.05, 4.69) is 15.0 Å². The normalized spacial score (nSPS) is 17.5. The fourth-order valence-corrected chi connectivity index (χ4v) is 6.65. The van der Waals surface area contributed by atoms with E-state index >= 15 is 0 Å². The Labute approximate surface area is 253 Å². The van der Waals surface area contributed by atoms with E-state index < -0.39 is 39.9 Å². The van der Waals surface area contributed by atoms with Gasteiger partial charge in [-0.1, -0.05) is 55.8 Å². The number of carbonyl (C=O) groups is 3. The number of amides is 2. The van der Waals surface area contributed by atoms with Gasteiger partial charge >= 0.3 is 5.97 Å². The van der Waals surface area contributed by atoms with Gasteiger partial charge in [-0.25, -0.2) is 13.2 Å². The monoisotopic (exact) mass is 614 g/mol. The number of esters is 1. The third-order valence-electron chi connectivity index (χ3n) is 7.37. The lowest BCUT2D eigenvalue weighted by Crippen LogP contribution is -2.57. The number of nitrogens with one attached hydrogen (secondary N) is 2. The molecule has 0 aromatic heterocycles. The molecule has 0 radical (unpaired) electrons. The number of aliphatic imine (C=N–C) groups is 1. The fourth-order valence-electron chi connectivity index (χ4n) is 5.24. The lowest BCUT2D eigenvalue weighted by Gasteiger charge is -2.39. The van der Waals surface area contributed by atoms with Crippen LogP contribution in [0.15, 0.2) is 58.4 Å². The molecular weight excluding hydrogens is 572 g/mol. The van der Waals surface area contributed by atoms with Crippen LogP contribution in [0.1, 0.15) is 52.9 Å². The Balaban J connectivity index is 2.02. The Morgan fingerprint density at radius 2 is 1.81 bits per heavy atom. The van der Waals surface area contributed by atoms with E-state index in [1.807, 2.05) is 13.0 Å². The van der Waals surface area contributed by atoms with Gasteiger partial charge in [-0.15, -0.1) is 0 Å². The summed E-state index contributed by atoms with van der Waals surface area (Å²) in [6.07, 6.45) is 2.30. The molecule has 43 heavy (non-hydrogen) atoms. The SMILES string of the molecule is CCOC(=O)[C@H]1C[C@H](CC)CCN1C(=O)[C@H](CCCN=C(N)N)NS(=O)(=O)c1cccc(-c2ccccc2)c1NC(C)=O. The van der Waals surface area contributed by atoms with E-state index in [0.717, 1.165) is 6.42 Å². The predicted octanol–water partition coefficient (Wildman–Crippen LogP) is 2.59. The zero-order valence-electron chi connectivity index (χ0n) is 24.9. The second kappa shape index (κ2) is 15.5. The molecule has 234 valence electrons. The molecule has 0 aliphatic carbocycles. The van der Waals surface area contributed by atoms with Gasteiger partial charge in [0.15, 0.2) is 5.96 Å². The van der Waals surface area contributed by atoms with Gasteiger partial charge < -0.3 is 26.4 Å². The number of para-hydroxylation sites is 1. The number of anilines is 1. The lowest BCUT2D eigenvalue weighted by molar-refractivity contribution is -0.158. The van der Waals surface area contributed by atoms with Crippen LogP contribution in [0.4, 0.5) is 5.69 Å².